The highest BCUT2D eigenvalue weighted by molar-refractivity contribution is 6.06. The zero-order valence-electron chi connectivity index (χ0n) is 16.0. The van der Waals surface area contributed by atoms with Gasteiger partial charge in [0.2, 0.25) is 0 Å². The number of nitrogens with zero attached hydrogens (tertiary/aromatic N) is 1. The van der Waals surface area contributed by atoms with E-state index in [1.165, 1.54) is 0 Å². The second-order valence-electron chi connectivity index (χ2n) is 7.16. The first-order chi connectivity index (χ1) is 13.5. The molecule has 0 aliphatic carbocycles. The van der Waals surface area contributed by atoms with Crippen LogP contribution < -0.4 is 15.8 Å². The molecule has 0 bridgehead atoms. The molecule has 1 fully saturated rings. The molecule has 0 saturated carbocycles. The van der Waals surface area contributed by atoms with E-state index in [1.807, 2.05) is 50.2 Å². The van der Waals surface area contributed by atoms with Gasteiger partial charge in [0.1, 0.15) is 5.56 Å². The van der Waals surface area contributed by atoms with Gasteiger partial charge in [0.05, 0.1) is 18.7 Å². The smallest absolute Gasteiger partial charge is 0.261 e. The lowest BCUT2D eigenvalue weighted by Gasteiger charge is -2.29. The van der Waals surface area contributed by atoms with Crippen LogP contribution in [-0.2, 0) is 4.74 Å². The predicted octanol–water partition coefficient (Wildman–Crippen LogP) is 3.23. The Morgan fingerprint density at radius 3 is 2.68 bits per heavy atom. The molecule has 3 aromatic rings. The number of fused-ring (bicyclic) bond motifs is 1. The number of carbonyl (C=O) groups is 1. The summed E-state index contributed by atoms with van der Waals surface area (Å²) in [5.74, 6) is -0.415. The molecule has 0 unspecified atom stereocenters. The van der Waals surface area contributed by atoms with Crippen LogP contribution in [0.1, 0.15) is 21.5 Å². The Morgan fingerprint density at radius 1 is 1.11 bits per heavy atom. The van der Waals surface area contributed by atoms with E-state index in [9.17, 15) is 9.59 Å². The lowest BCUT2D eigenvalue weighted by atomic mass is 10.1. The molecule has 0 radical (unpaired) electrons. The number of benzene rings is 2. The molecule has 1 saturated heterocycles. The average Bonchev–Trinajstić information content (AvgIpc) is 2.69. The number of aromatic amines is 1. The zero-order chi connectivity index (χ0) is 19.7. The Bertz CT molecular complexity index is 1100. The Kier molecular flexibility index (Phi) is 4.88. The second-order valence-corrected chi connectivity index (χ2v) is 7.16. The van der Waals surface area contributed by atoms with Gasteiger partial charge in [-0.1, -0.05) is 17.7 Å². The van der Waals surface area contributed by atoms with Gasteiger partial charge in [-0.25, -0.2) is 0 Å². The summed E-state index contributed by atoms with van der Waals surface area (Å²) < 4.78 is 5.39. The van der Waals surface area contributed by atoms with Crippen LogP contribution in [0.4, 0.5) is 11.4 Å². The van der Waals surface area contributed by atoms with E-state index >= 15 is 0 Å². The van der Waals surface area contributed by atoms with Gasteiger partial charge in [-0.05, 0) is 55.1 Å². The van der Waals surface area contributed by atoms with Gasteiger partial charge in [-0.3, -0.25) is 9.59 Å². The van der Waals surface area contributed by atoms with Crippen LogP contribution in [0.3, 0.4) is 0 Å². The summed E-state index contributed by atoms with van der Waals surface area (Å²) in [6.07, 6.45) is 0. The Hall–Kier alpha value is -3.12. The van der Waals surface area contributed by atoms with Crippen molar-refractivity contribution in [2.45, 2.75) is 13.8 Å². The Balaban J connectivity index is 1.62. The van der Waals surface area contributed by atoms with E-state index in [0.717, 1.165) is 40.8 Å². The van der Waals surface area contributed by atoms with Crippen molar-refractivity contribution in [3.8, 4) is 0 Å². The summed E-state index contributed by atoms with van der Waals surface area (Å²) in [7, 11) is 0. The number of carbonyl (C=O) groups excluding carboxylic acids is 1. The van der Waals surface area contributed by atoms with Crippen molar-refractivity contribution in [2.75, 3.05) is 36.5 Å². The zero-order valence-corrected chi connectivity index (χ0v) is 16.0. The van der Waals surface area contributed by atoms with Crippen LogP contribution in [0.2, 0.25) is 0 Å². The number of aromatic nitrogens is 1. The molecular formula is C22H23N3O3. The minimum absolute atomic E-state index is 0.106. The van der Waals surface area contributed by atoms with Crippen LogP contribution >= 0.6 is 0 Å². The van der Waals surface area contributed by atoms with E-state index < -0.39 is 5.91 Å². The lowest BCUT2D eigenvalue weighted by molar-refractivity contribution is 0.102. The fourth-order valence-electron chi connectivity index (χ4n) is 3.66. The minimum atomic E-state index is -0.415. The molecule has 144 valence electrons. The average molecular weight is 377 g/mol. The molecule has 2 heterocycles. The van der Waals surface area contributed by atoms with Crippen molar-refractivity contribution in [3.05, 3.63) is 69.5 Å². The first kappa shape index (κ1) is 18.3. The fourth-order valence-corrected chi connectivity index (χ4v) is 3.66. The summed E-state index contributed by atoms with van der Waals surface area (Å²) in [5.41, 5.74) is 4.24. The SMILES string of the molecule is Cc1cc(C)c2[nH]c(=O)c(C(=O)Nc3cccc(N4CCOCC4)c3)cc2c1. The topological polar surface area (TPSA) is 74.4 Å². The molecule has 6 heteroatoms. The van der Waals surface area contributed by atoms with Gasteiger partial charge in [0.15, 0.2) is 0 Å². The maximum atomic E-state index is 12.8. The van der Waals surface area contributed by atoms with Crippen LogP contribution in [0.15, 0.2) is 47.3 Å². The number of H-pyrrole nitrogens is 1. The van der Waals surface area contributed by atoms with Crippen LogP contribution in [0, 0.1) is 13.8 Å². The Morgan fingerprint density at radius 2 is 1.89 bits per heavy atom. The number of amides is 1. The molecule has 2 aromatic carbocycles. The van der Waals surface area contributed by atoms with E-state index in [2.05, 4.69) is 15.2 Å². The van der Waals surface area contributed by atoms with Crippen molar-refractivity contribution in [1.29, 1.82) is 0 Å². The van der Waals surface area contributed by atoms with Crippen molar-refractivity contribution in [2.24, 2.45) is 0 Å². The van der Waals surface area contributed by atoms with Crippen molar-refractivity contribution < 1.29 is 9.53 Å². The number of morpholine rings is 1. The standard InChI is InChI=1S/C22H23N3O3/c1-14-10-15(2)20-16(11-14)12-19(22(27)24-20)21(26)23-17-4-3-5-18(13-17)25-6-8-28-9-7-25/h3-5,10-13H,6-9H2,1-2H3,(H,23,26)(H,24,27). The van der Waals surface area contributed by atoms with Gasteiger partial charge < -0.3 is 19.9 Å². The van der Waals surface area contributed by atoms with Gasteiger partial charge >= 0.3 is 0 Å². The summed E-state index contributed by atoms with van der Waals surface area (Å²) in [4.78, 5) is 30.3. The predicted molar refractivity (Wildman–Crippen MR) is 111 cm³/mol. The normalized spacial score (nSPS) is 14.3. The molecule has 1 amide bonds. The molecule has 1 aromatic heterocycles. The lowest BCUT2D eigenvalue weighted by Crippen LogP contribution is -2.36. The minimum Gasteiger partial charge on any atom is -0.378 e. The number of hydrogen-bond acceptors (Lipinski definition) is 4. The maximum absolute atomic E-state index is 12.8. The van der Waals surface area contributed by atoms with Gasteiger partial charge in [0, 0.05) is 24.5 Å². The molecule has 1 aliphatic rings. The summed E-state index contributed by atoms with van der Waals surface area (Å²) in [6.45, 7) is 6.97. The van der Waals surface area contributed by atoms with E-state index in [0.29, 0.717) is 18.9 Å². The molecule has 0 atom stereocenters. The number of aryl methyl sites for hydroxylation is 2. The number of ether oxygens (including phenoxy) is 1. The highest BCUT2D eigenvalue weighted by Crippen LogP contribution is 2.22. The summed E-state index contributed by atoms with van der Waals surface area (Å²) in [5, 5.41) is 3.71. The van der Waals surface area contributed by atoms with Crippen LogP contribution in [0.25, 0.3) is 10.9 Å². The number of hydrogen-bond donors (Lipinski definition) is 2. The fraction of sp³-hybridized carbons (Fsp3) is 0.273. The van der Waals surface area contributed by atoms with E-state index in [1.54, 1.807) is 6.07 Å². The van der Waals surface area contributed by atoms with Gasteiger partial charge in [-0.15, -0.1) is 0 Å². The highest BCUT2D eigenvalue weighted by atomic mass is 16.5. The number of anilines is 2. The monoisotopic (exact) mass is 377 g/mol. The van der Waals surface area contributed by atoms with Crippen molar-refractivity contribution in [3.63, 3.8) is 0 Å². The molecule has 1 aliphatic heterocycles. The summed E-state index contributed by atoms with van der Waals surface area (Å²) >= 11 is 0. The molecule has 6 nitrogen and oxygen atoms in total. The molecule has 0 spiro atoms. The Labute approximate surface area is 163 Å². The highest BCUT2D eigenvalue weighted by Gasteiger charge is 2.15. The maximum Gasteiger partial charge on any atom is 0.261 e. The van der Waals surface area contributed by atoms with E-state index in [-0.39, 0.29) is 11.1 Å². The second kappa shape index (κ2) is 7.48. The van der Waals surface area contributed by atoms with Gasteiger partial charge in [0.25, 0.3) is 11.5 Å². The number of rotatable bonds is 3. The first-order valence-corrected chi connectivity index (χ1v) is 9.40. The third kappa shape index (κ3) is 3.64. The van der Waals surface area contributed by atoms with Crippen molar-refractivity contribution in [1.82, 2.24) is 4.98 Å². The van der Waals surface area contributed by atoms with Crippen LogP contribution in [-0.4, -0.2) is 37.2 Å². The number of pyridine rings is 1. The van der Waals surface area contributed by atoms with Crippen LogP contribution in [0.5, 0.6) is 0 Å². The molecule has 4 rings (SSSR count). The quantitative estimate of drug-likeness (QED) is 0.735. The molecule has 2 N–H and O–H groups in total. The largest absolute Gasteiger partial charge is 0.378 e. The third-order valence-corrected chi connectivity index (χ3v) is 5.02. The van der Waals surface area contributed by atoms with E-state index in [4.69, 9.17) is 4.74 Å². The summed E-state index contributed by atoms with van der Waals surface area (Å²) in [6, 6.07) is 13.3. The van der Waals surface area contributed by atoms with Gasteiger partial charge in [-0.2, -0.15) is 0 Å². The third-order valence-electron chi connectivity index (χ3n) is 5.02. The molecular weight excluding hydrogens is 354 g/mol. The first-order valence-electron chi connectivity index (χ1n) is 9.40. The molecule has 28 heavy (non-hydrogen) atoms. The number of nitrogens with one attached hydrogen (secondary N) is 2. The van der Waals surface area contributed by atoms with Crippen molar-refractivity contribution >= 4 is 28.2 Å².